The van der Waals surface area contributed by atoms with Gasteiger partial charge in [-0.25, -0.2) is 4.79 Å². The van der Waals surface area contributed by atoms with Crippen LogP contribution in [0.15, 0.2) is 24.3 Å². The molecular weight excluding hydrogens is 312 g/mol. The zero-order valence-electron chi connectivity index (χ0n) is 14.4. The van der Waals surface area contributed by atoms with Crippen LogP contribution in [0.4, 0.5) is 4.79 Å². The van der Waals surface area contributed by atoms with Crippen molar-refractivity contribution in [3.8, 4) is 0 Å². The van der Waals surface area contributed by atoms with E-state index >= 15 is 0 Å². The Bertz CT molecular complexity index is 525. The van der Waals surface area contributed by atoms with Gasteiger partial charge in [0, 0.05) is 30.2 Å². The number of nitrogens with zero attached hydrogens (tertiary/aromatic N) is 1. The zero-order valence-corrected chi connectivity index (χ0v) is 15.2. The first kappa shape index (κ1) is 18.1. The predicted octanol–water partition coefficient (Wildman–Crippen LogP) is 4.39. The molecule has 0 aliphatic carbocycles. The van der Waals surface area contributed by atoms with Crippen LogP contribution in [0, 0.1) is 0 Å². The molecule has 1 aromatic carbocycles. The second-order valence-electron chi connectivity index (χ2n) is 7.09. The number of halogens is 1. The Labute approximate surface area is 144 Å². The second kappa shape index (κ2) is 7.54. The van der Waals surface area contributed by atoms with Crippen LogP contribution in [0.3, 0.4) is 0 Å². The van der Waals surface area contributed by atoms with Crippen molar-refractivity contribution < 1.29 is 9.53 Å². The number of likely N-dealkylation sites (tertiary alicyclic amines) is 1. The average molecular weight is 339 g/mol. The summed E-state index contributed by atoms with van der Waals surface area (Å²) in [6.07, 6.45) is 1.72. The Morgan fingerprint density at radius 3 is 2.61 bits per heavy atom. The number of hydrogen-bond donors (Lipinski definition) is 1. The Hall–Kier alpha value is -1.26. The van der Waals surface area contributed by atoms with Crippen LogP contribution in [-0.2, 0) is 4.74 Å². The van der Waals surface area contributed by atoms with E-state index in [0.29, 0.717) is 12.6 Å². The van der Waals surface area contributed by atoms with Crippen LogP contribution in [0.5, 0.6) is 0 Å². The molecule has 1 fully saturated rings. The number of hydrogen-bond acceptors (Lipinski definition) is 3. The highest BCUT2D eigenvalue weighted by Gasteiger charge is 2.30. The van der Waals surface area contributed by atoms with Crippen LogP contribution in [0.25, 0.3) is 0 Å². The summed E-state index contributed by atoms with van der Waals surface area (Å²) in [6.45, 7) is 9.27. The number of benzene rings is 1. The van der Waals surface area contributed by atoms with E-state index in [2.05, 4.69) is 24.4 Å². The number of carbonyl (C=O) groups is 1. The molecule has 1 aromatic rings. The number of amides is 1. The average Bonchev–Trinajstić information content (AvgIpc) is 2.93. The predicted molar refractivity (Wildman–Crippen MR) is 93.8 cm³/mol. The highest BCUT2D eigenvalue weighted by Crippen LogP contribution is 2.22. The van der Waals surface area contributed by atoms with Crippen molar-refractivity contribution in [1.82, 2.24) is 10.2 Å². The Kier molecular flexibility index (Phi) is 5.93. The second-order valence-corrected chi connectivity index (χ2v) is 7.53. The fourth-order valence-electron chi connectivity index (χ4n) is 2.82. The molecule has 1 heterocycles. The minimum atomic E-state index is -0.447. The van der Waals surface area contributed by atoms with Crippen LogP contribution in [-0.4, -0.2) is 35.7 Å². The smallest absolute Gasteiger partial charge is 0.410 e. The highest BCUT2D eigenvalue weighted by molar-refractivity contribution is 6.30. The molecule has 2 atom stereocenters. The summed E-state index contributed by atoms with van der Waals surface area (Å²) in [5, 5.41) is 4.41. The molecule has 1 aliphatic heterocycles. The van der Waals surface area contributed by atoms with Gasteiger partial charge in [-0.1, -0.05) is 30.7 Å². The summed E-state index contributed by atoms with van der Waals surface area (Å²) in [4.78, 5) is 13.9. The van der Waals surface area contributed by atoms with Gasteiger partial charge in [-0.2, -0.15) is 0 Å². The Morgan fingerprint density at radius 2 is 2.04 bits per heavy atom. The van der Waals surface area contributed by atoms with Gasteiger partial charge in [0.05, 0.1) is 0 Å². The van der Waals surface area contributed by atoms with Gasteiger partial charge in [0.1, 0.15) is 5.60 Å². The van der Waals surface area contributed by atoms with E-state index in [1.807, 2.05) is 32.9 Å². The third kappa shape index (κ3) is 5.40. The van der Waals surface area contributed by atoms with E-state index in [4.69, 9.17) is 16.3 Å². The first-order valence-electron chi connectivity index (χ1n) is 8.28. The van der Waals surface area contributed by atoms with E-state index in [1.54, 1.807) is 4.90 Å². The molecule has 2 rings (SSSR count). The van der Waals surface area contributed by atoms with Crippen molar-refractivity contribution in [2.45, 2.75) is 58.2 Å². The molecule has 4 nitrogen and oxygen atoms in total. The summed E-state index contributed by atoms with van der Waals surface area (Å²) in [5.74, 6) is 0. The fraction of sp³-hybridized carbons (Fsp3) is 0.611. The molecule has 1 amide bonds. The van der Waals surface area contributed by atoms with Crippen molar-refractivity contribution in [2.24, 2.45) is 0 Å². The SMILES string of the molecule is CCC(NC1CCN(C(=O)OC(C)(C)C)C1)c1ccc(Cl)cc1. The molecule has 0 radical (unpaired) electrons. The number of nitrogens with one attached hydrogen (secondary N) is 1. The highest BCUT2D eigenvalue weighted by atomic mass is 35.5. The summed E-state index contributed by atoms with van der Waals surface area (Å²) in [6, 6.07) is 8.53. The Morgan fingerprint density at radius 1 is 1.39 bits per heavy atom. The summed E-state index contributed by atoms with van der Waals surface area (Å²) in [7, 11) is 0. The molecule has 0 saturated carbocycles. The van der Waals surface area contributed by atoms with Gasteiger partial charge in [0.2, 0.25) is 0 Å². The maximum absolute atomic E-state index is 12.1. The summed E-state index contributed by atoms with van der Waals surface area (Å²) >= 11 is 5.96. The molecule has 0 bridgehead atoms. The van der Waals surface area contributed by atoms with E-state index in [-0.39, 0.29) is 12.1 Å². The molecule has 1 aliphatic rings. The molecule has 1 saturated heterocycles. The molecule has 1 N–H and O–H groups in total. The topological polar surface area (TPSA) is 41.6 Å². The fourth-order valence-corrected chi connectivity index (χ4v) is 2.94. The minimum Gasteiger partial charge on any atom is -0.444 e. The van der Waals surface area contributed by atoms with Gasteiger partial charge in [-0.3, -0.25) is 0 Å². The first-order valence-corrected chi connectivity index (χ1v) is 8.65. The van der Waals surface area contributed by atoms with Crippen molar-refractivity contribution in [1.29, 1.82) is 0 Å². The largest absolute Gasteiger partial charge is 0.444 e. The quantitative estimate of drug-likeness (QED) is 0.885. The van der Waals surface area contributed by atoms with E-state index in [1.165, 1.54) is 5.56 Å². The van der Waals surface area contributed by atoms with Gasteiger partial charge in [0.15, 0.2) is 0 Å². The monoisotopic (exact) mass is 338 g/mol. The third-order valence-electron chi connectivity index (χ3n) is 3.96. The van der Waals surface area contributed by atoms with Gasteiger partial charge < -0.3 is 15.0 Å². The lowest BCUT2D eigenvalue weighted by molar-refractivity contribution is 0.0290. The lowest BCUT2D eigenvalue weighted by atomic mass is 10.0. The molecule has 23 heavy (non-hydrogen) atoms. The van der Waals surface area contributed by atoms with Crippen LogP contribution in [0.1, 0.15) is 52.1 Å². The maximum atomic E-state index is 12.1. The molecule has 128 valence electrons. The number of ether oxygens (including phenoxy) is 1. The standard InChI is InChI=1S/C18H27ClN2O2/c1-5-16(13-6-8-14(19)9-7-13)20-15-10-11-21(12-15)17(22)23-18(2,3)4/h6-9,15-16,20H,5,10-12H2,1-4H3. The van der Waals surface area contributed by atoms with Crippen LogP contribution >= 0.6 is 11.6 Å². The maximum Gasteiger partial charge on any atom is 0.410 e. The van der Waals surface area contributed by atoms with E-state index in [0.717, 1.165) is 24.4 Å². The van der Waals surface area contributed by atoms with Crippen LogP contribution in [0.2, 0.25) is 5.02 Å². The number of carbonyl (C=O) groups excluding carboxylic acids is 1. The zero-order chi connectivity index (χ0) is 17.0. The van der Waals surface area contributed by atoms with Gasteiger partial charge in [0.25, 0.3) is 0 Å². The summed E-state index contributed by atoms with van der Waals surface area (Å²) < 4.78 is 5.44. The molecular formula is C18H27ClN2O2. The van der Waals surface area contributed by atoms with Crippen molar-refractivity contribution in [3.05, 3.63) is 34.9 Å². The third-order valence-corrected chi connectivity index (χ3v) is 4.21. The van der Waals surface area contributed by atoms with Crippen molar-refractivity contribution >= 4 is 17.7 Å². The van der Waals surface area contributed by atoms with Crippen molar-refractivity contribution in [3.63, 3.8) is 0 Å². The lowest BCUT2D eigenvalue weighted by Crippen LogP contribution is -2.39. The van der Waals surface area contributed by atoms with Gasteiger partial charge >= 0.3 is 6.09 Å². The minimum absolute atomic E-state index is 0.221. The van der Waals surface area contributed by atoms with Crippen molar-refractivity contribution in [2.75, 3.05) is 13.1 Å². The normalized spacial score (nSPS) is 19.7. The molecule has 5 heteroatoms. The molecule has 0 aromatic heterocycles. The Balaban J connectivity index is 1.91. The van der Waals surface area contributed by atoms with E-state index in [9.17, 15) is 4.79 Å². The lowest BCUT2D eigenvalue weighted by Gasteiger charge is -2.25. The first-order chi connectivity index (χ1) is 10.8. The summed E-state index contributed by atoms with van der Waals surface area (Å²) in [5.41, 5.74) is 0.783. The molecule has 2 unspecified atom stereocenters. The van der Waals surface area contributed by atoms with E-state index < -0.39 is 5.60 Å². The van der Waals surface area contributed by atoms with Gasteiger partial charge in [-0.15, -0.1) is 0 Å². The van der Waals surface area contributed by atoms with Gasteiger partial charge in [-0.05, 0) is 51.3 Å². The molecule has 0 spiro atoms. The number of rotatable bonds is 4. The van der Waals surface area contributed by atoms with Crippen LogP contribution < -0.4 is 5.32 Å².